The predicted octanol–water partition coefficient (Wildman–Crippen LogP) is 0.528. The Kier molecular flexibility index (Phi) is 6.46. The van der Waals surface area contributed by atoms with Crippen molar-refractivity contribution in [3.8, 4) is 17.1 Å². The van der Waals surface area contributed by atoms with E-state index in [-0.39, 0.29) is 0 Å². The van der Waals surface area contributed by atoms with Gasteiger partial charge in [-0.25, -0.2) is 0 Å². The second-order valence-electron chi connectivity index (χ2n) is 14.3. The fourth-order valence-electron chi connectivity index (χ4n) is 9.36. The molecule has 0 atom stereocenters. The lowest BCUT2D eigenvalue weighted by Crippen LogP contribution is -2.37. The number of aromatic nitrogens is 3. The molecule has 10 aromatic rings. The second kappa shape index (κ2) is 10.9. The molecule has 0 spiro atoms. The number of nitrogens with zero attached hydrogens (tertiary/aromatic N) is 3. The average molecular weight is 645 g/mol. The first kappa shape index (κ1) is 30.2. The van der Waals surface area contributed by atoms with Crippen molar-refractivity contribution in [1.29, 1.82) is 0 Å². The van der Waals surface area contributed by atoms with Gasteiger partial charge < -0.3 is 13.7 Å². The highest BCUT2D eigenvalue weighted by atomic mass is 15.0. The molecule has 0 amide bonds. The molecule has 0 unspecified atom stereocenters. The molecular weight excluding hydrogens is 611 g/mol. The number of para-hydroxylation sites is 5. The van der Waals surface area contributed by atoms with Crippen LogP contribution in [-0.2, 0) is 0 Å². The lowest BCUT2D eigenvalue weighted by molar-refractivity contribution is 1.18. The molecule has 9 heteroatoms. The maximum absolute atomic E-state index is 2.56. The SMILES string of the molecule is Bc1c(-n2c3ccccc3c3ccccc32)c(B)c2c3c(B)c(-n4c5ccccc5c5ccccc54)c(B)c(B)c3n(-c3ccccc3)c2c1B. The third kappa shape index (κ3) is 3.92. The monoisotopic (exact) mass is 645 g/mol. The van der Waals surface area contributed by atoms with E-state index in [0.29, 0.717) is 0 Å². The van der Waals surface area contributed by atoms with Crippen molar-refractivity contribution in [2.45, 2.75) is 0 Å². The van der Waals surface area contributed by atoms with E-state index in [1.54, 1.807) is 0 Å². The third-order valence-corrected chi connectivity index (χ3v) is 11.8. The number of rotatable bonds is 3. The number of hydrogen-bond acceptors (Lipinski definition) is 0. The number of hydrogen-bond donors (Lipinski definition) is 0. The zero-order chi connectivity index (χ0) is 34.7. The summed E-state index contributed by atoms with van der Waals surface area (Å²) in [6, 6.07) is 46.4. The molecule has 234 valence electrons. The van der Waals surface area contributed by atoms with Crippen LogP contribution in [0.4, 0.5) is 0 Å². The predicted molar refractivity (Wildman–Crippen MR) is 239 cm³/mol. The highest BCUT2D eigenvalue weighted by Gasteiger charge is 2.27. The van der Waals surface area contributed by atoms with Crippen molar-refractivity contribution in [1.82, 2.24) is 13.7 Å². The fraction of sp³-hybridized carbons (Fsp3) is 0. The molecule has 0 N–H and O–H groups in total. The Morgan fingerprint density at radius 1 is 0.294 bits per heavy atom. The standard InChI is InChI=1S/C42H33B6N3/c43-33-31-32-34(44)42(51-29-20-10-6-16-25(29)26-17-7-11-21-30(26)51)38(48)36(46)40(32)49(22-12-2-1-3-13-22)39(31)35(45)37(47)41(33)50-27-18-8-4-14-23(27)24-15-5-9-19-28(24)50/h1-21H,43-48H2. The van der Waals surface area contributed by atoms with Crippen molar-refractivity contribution in [2.75, 3.05) is 0 Å². The van der Waals surface area contributed by atoms with Crippen LogP contribution in [0.1, 0.15) is 0 Å². The van der Waals surface area contributed by atoms with Crippen molar-refractivity contribution in [3.63, 3.8) is 0 Å². The Balaban J connectivity index is 1.45. The largest absolute Gasteiger partial charge is 0.310 e. The first-order chi connectivity index (χ1) is 24.9. The summed E-state index contributed by atoms with van der Waals surface area (Å²) in [6.45, 7) is 0. The topological polar surface area (TPSA) is 14.8 Å². The first-order valence-electron chi connectivity index (χ1n) is 18.0. The molecule has 0 radical (unpaired) electrons. The van der Waals surface area contributed by atoms with Crippen molar-refractivity contribution in [2.24, 2.45) is 0 Å². The molecule has 0 aliphatic carbocycles. The quantitative estimate of drug-likeness (QED) is 0.250. The second-order valence-corrected chi connectivity index (χ2v) is 14.3. The van der Waals surface area contributed by atoms with Crippen LogP contribution < -0.4 is 32.8 Å². The Bertz CT molecular complexity index is 2800. The van der Waals surface area contributed by atoms with Gasteiger partial charge in [0, 0.05) is 60.4 Å². The van der Waals surface area contributed by atoms with Gasteiger partial charge in [0.25, 0.3) is 0 Å². The minimum absolute atomic E-state index is 1.19. The van der Waals surface area contributed by atoms with Gasteiger partial charge in [-0.15, -0.1) is 0 Å². The minimum atomic E-state index is 1.19. The van der Waals surface area contributed by atoms with Gasteiger partial charge in [0.15, 0.2) is 0 Å². The molecule has 0 saturated heterocycles. The molecule has 0 bridgehead atoms. The summed E-state index contributed by atoms with van der Waals surface area (Å²) in [5.74, 6) is 0. The number of fused-ring (bicyclic) bond motifs is 9. The molecule has 0 aliphatic rings. The van der Waals surface area contributed by atoms with Gasteiger partial charge in [-0.2, -0.15) is 0 Å². The van der Waals surface area contributed by atoms with Crippen LogP contribution in [0.15, 0.2) is 127 Å². The molecule has 3 nitrogen and oxygen atoms in total. The first-order valence-corrected chi connectivity index (χ1v) is 18.0. The molecule has 0 fully saturated rings. The average Bonchev–Trinajstić information content (AvgIpc) is 3.81. The van der Waals surface area contributed by atoms with Gasteiger partial charge in [0.05, 0.1) is 22.1 Å². The fourth-order valence-corrected chi connectivity index (χ4v) is 9.36. The van der Waals surface area contributed by atoms with E-state index in [9.17, 15) is 0 Å². The Labute approximate surface area is 302 Å². The molecule has 0 aliphatic heterocycles. The summed E-state index contributed by atoms with van der Waals surface area (Å²) in [5.41, 5.74) is 19.1. The Morgan fingerprint density at radius 3 is 0.961 bits per heavy atom. The zero-order valence-corrected chi connectivity index (χ0v) is 30.0. The Hall–Kier alpha value is -5.67. The highest BCUT2D eigenvalue weighted by molar-refractivity contribution is 6.64. The summed E-state index contributed by atoms with van der Waals surface area (Å²) in [4.78, 5) is 0. The third-order valence-electron chi connectivity index (χ3n) is 11.8. The molecule has 3 heterocycles. The molecular formula is C42H33B6N3. The van der Waals surface area contributed by atoms with Crippen LogP contribution in [-0.4, -0.2) is 60.8 Å². The van der Waals surface area contributed by atoms with E-state index in [1.807, 2.05) is 0 Å². The van der Waals surface area contributed by atoms with Gasteiger partial charge in [0.1, 0.15) is 47.1 Å². The zero-order valence-electron chi connectivity index (χ0n) is 30.0. The van der Waals surface area contributed by atoms with Crippen LogP contribution in [0.5, 0.6) is 0 Å². The molecule has 51 heavy (non-hydrogen) atoms. The van der Waals surface area contributed by atoms with E-state index < -0.39 is 0 Å². The molecule has 7 aromatic carbocycles. The lowest BCUT2D eigenvalue weighted by Gasteiger charge is -2.21. The van der Waals surface area contributed by atoms with Crippen molar-refractivity contribution in [3.05, 3.63) is 127 Å². The van der Waals surface area contributed by atoms with Gasteiger partial charge in [-0.1, -0.05) is 124 Å². The molecule has 0 saturated carbocycles. The summed E-state index contributed by atoms with van der Waals surface area (Å²) in [5, 5.41) is 7.80. The van der Waals surface area contributed by atoms with Crippen LogP contribution in [0.3, 0.4) is 0 Å². The van der Waals surface area contributed by atoms with Gasteiger partial charge >= 0.3 is 0 Å². The van der Waals surface area contributed by atoms with E-state index >= 15 is 0 Å². The summed E-state index contributed by atoms with van der Waals surface area (Å²) in [7, 11) is 14.0. The van der Waals surface area contributed by atoms with E-state index in [4.69, 9.17) is 0 Å². The van der Waals surface area contributed by atoms with Gasteiger partial charge in [0.2, 0.25) is 0 Å². The lowest BCUT2D eigenvalue weighted by atomic mass is 9.70. The maximum Gasteiger partial charge on any atom is 0.142 e. The van der Waals surface area contributed by atoms with E-state index in [2.05, 4.69) is 188 Å². The molecule has 10 rings (SSSR count). The normalized spacial score (nSPS) is 12.0. The minimum Gasteiger partial charge on any atom is -0.310 e. The van der Waals surface area contributed by atoms with Crippen molar-refractivity contribution >= 4 is 145 Å². The van der Waals surface area contributed by atoms with E-state index in [0.717, 1.165) is 0 Å². The van der Waals surface area contributed by atoms with Crippen LogP contribution in [0.2, 0.25) is 0 Å². The molecule has 3 aromatic heterocycles. The van der Waals surface area contributed by atoms with Gasteiger partial charge in [-0.05, 0) is 36.4 Å². The maximum atomic E-state index is 2.56. The van der Waals surface area contributed by atoms with Crippen LogP contribution >= 0.6 is 0 Å². The number of benzene rings is 7. The van der Waals surface area contributed by atoms with E-state index in [1.165, 1.54) is 115 Å². The smallest absolute Gasteiger partial charge is 0.142 e. The highest BCUT2D eigenvalue weighted by Crippen LogP contribution is 2.35. The van der Waals surface area contributed by atoms with Crippen LogP contribution in [0, 0.1) is 0 Å². The summed E-state index contributed by atoms with van der Waals surface area (Å²) >= 11 is 0. The van der Waals surface area contributed by atoms with Gasteiger partial charge in [-0.3, -0.25) is 0 Å². The Morgan fingerprint density at radius 2 is 0.608 bits per heavy atom. The van der Waals surface area contributed by atoms with Crippen molar-refractivity contribution < 1.29 is 0 Å². The summed E-state index contributed by atoms with van der Waals surface area (Å²) in [6.07, 6.45) is 0. The van der Waals surface area contributed by atoms with Crippen LogP contribution in [0.25, 0.3) is 82.5 Å². The summed E-state index contributed by atoms with van der Waals surface area (Å²) < 4.78 is 7.61.